The smallest absolute Gasteiger partial charge is 0.0470 e. The van der Waals surface area contributed by atoms with Gasteiger partial charge in [0.2, 0.25) is 0 Å². The molecule has 0 saturated carbocycles. The maximum absolute atomic E-state index is 5.68. The Balaban J connectivity index is 3.21. The summed E-state index contributed by atoms with van der Waals surface area (Å²) in [6, 6.07) is 3.90. The molecule has 1 aromatic rings. The Bertz CT molecular complexity index is 275. The first-order valence-electron chi connectivity index (χ1n) is 2.93. The molecule has 1 rings (SSSR count). The molecule has 4 heteroatoms. The summed E-state index contributed by atoms with van der Waals surface area (Å²) in [6.07, 6.45) is 2.02. The van der Waals surface area contributed by atoms with Crippen LogP contribution in [0.3, 0.4) is 0 Å². The monoisotopic (exact) mass is 295 g/mol. The van der Waals surface area contributed by atoms with E-state index in [0.29, 0.717) is 0 Å². The minimum Gasteiger partial charge on any atom is -0.398 e. The van der Waals surface area contributed by atoms with Gasteiger partial charge in [0.1, 0.15) is 0 Å². The van der Waals surface area contributed by atoms with Crippen molar-refractivity contribution < 1.29 is 0 Å². The maximum atomic E-state index is 5.68. The molecule has 60 valence electrons. The van der Waals surface area contributed by atoms with Crippen molar-refractivity contribution in [2.75, 3.05) is 12.0 Å². The molecule has 0 bridgehead atoms. The molecular weight excluding hydrogens is 290 g/mol. The molecule has 0 aliphatic heterocycles. The molecule has 1 aromatic carbocycles. The number of anilines is 1. The summed E-state index contributed by atoms with van der Waals surface area (Å²) in [7, 11) is 0. The molecule has 0 unspecified atom stereocenters. The van der Waals surface area contributed by atoms with E-state index in [0.717, 1.165) is 19.5 Å². The zero-order chi connectivity index (χ0) is 8.43. The first kappa shape index (κ1) is 9.42. The van der Waals surface area contributed by atoms with Crippen LogP contribution in [-0.2, 0) is 0 Å². The van der Waals surface area contributed by atoms with Gasteiger partial charge in [-0.1, -0.05) is 0 Å². The minimum absolute atomic E-state index is 0.776. The van der Waals surface area contributed by atoms with Crippen LogP contribution in [0.5, 0.6) is 0 Å². The Morgan fingerprint density at radius 1 is 1.27 bits per heavy atom. The van der Waals surface area contributed by atoms with Crippen LogP contribution in [0.4, 0.5) is 5.69 Å². The van der Waals surface area contributed by atoms with Crippen molar-refractivity contribution in [3.05, 3.63) is 21.1 Å². The molecule has 0 spiro atoms. The van der Waals surface area contributed by atoms with Gasteiger partial charge >= 0.3 is 0 Å². The molecule has 11 heavy (non-hydrogen) atoms. The second-order valence-corrected chi connectivity index (χ2v) is 4.57. The third kappa shape index (κ3) is 2.13. The van der Waals surface area contributed by atoms with E-state index in [2.05, 4.69) is 31.9 Å². The predicted molar refractivity (Wildman–Crippen MR) is 58.0 cm³/mol. The Morgan fingerprint density at radius 2 is 1.91 bits per heavy atom. The SMILES string of the molecule is CSc1cc(N)c(Br)cc1Br. The number of halogens is 2. The summed E-state index contributed by atoms with van der Waals surface area (Å²) in [5.41, 5.74) is 6.46. The summed E-state index contributed by atoms with van der Waals surface area (Å²) in [4.78, 5) is 1.16. The highest BCUT2D eigenvalue weighted by Crippen LogP contribution is 2.32. The quantitative estimate of drug-likeness (QED) is 0.634. The third-order valence-corrected chi connectivity index (χ3v) is 3.65. The number of hydrogen-bond acceptors (Lipinski definition) is 2. The lowest BCUT2D eigenvalue weighted by Gasteiger charge is -2.03. The fourth-order valence-electron chi connectivity index (χ4n) is 0.701. The van der Waals surface area contributed by atoms with Gasteiger partial charge in [0.05, 0.1) is 0 Å². The van der Waals surface area contributed by atoms with Crippen LogP contribution in [0.15, 0.2) is 26.0 Å². The summed E-state index contributed by atoms with van der Waals surface area (Å²) in [6.45, 7) is 0. The Hall–Kier alpha value is 0.330. The average Bonchev–Trinajstić information content (AvgIpc) is 1.97. The molecular formula is C7H7Br2NS. The normalized spacial score (nSPS) is 10.1. The molecule has 0 radical (unpaired) electrons. The number of thioether (sulfide) groups is 1. The summed E-state index contributed by atoms with van der Waals surface area (Å²) >= 11 is 8.45. The Kier molecular flexibility index (Phi) is 3.28. The van der Waals surface area contributed by atoms with Gasteiger partial charge < -0.3 is 5.73 Å². The van der Waals surface area contributed by atoms with E-state index in [1.54, 1.807) is 11.8 Å². The van der Waals surface area contributed by atoms with Crippen molar-refractivity contribution in [1.82, 2.24) is 0 Å². The van der Waals surface area contributed by atoms with Crippen LogP contribution in [0.25, 0.3) is 0 Å². The van der Waals surface area contributed by atoms with Crippen molar-refractivity contribution in [3.8, 4) is 0 Å². The zero-order valence-electron chi connectivity index (χ0n) is 5.90. The van der Waals surface area contributed by atoms with E-state index in [1.165, 1.54) is 0 Å². The number of nitrogen functional groups attached to an aromatic ring is 1. The van der Waals surface area contributed by atoms with Crippen LogP contribution < -0.4 is 5.73 Å². The standard InChI is InChI=1S/C7H7Br2NS/c1-11-7-3-6(10)4(8)2-5(7)9/h2-3H,10H2,1H3. The molecule has 0 heterocycles. The topological polar surface area (TPSA) is 26.0 Å². The van der Waals surface area contributed by atoms with Crippen molar-refractivity contribution in [2.45, 2.75) is 4.90 Å². The zero-order valence-corrected chi connectivity index (χ0v) is 9.88. The van der Waals surface area contributed by atoms with E-state index in [1.807, 2.05) is 18.4 Å². The molecule has 0 aromatic heterocycles. The number of hydrogen-bond donors (Lipinski definition) is 1. The maximum Gasteiger partial charge on any atom is 0.0470 e. The summed E-state index contributed by atoms with van der Waals surface area (Å²) in [5, 5.41) is 0. The second-order valence-electron chi connectivity index (χ2n) is 2.01. The third-order valence-electron chi connectivity index (χ3n) is 1.27. The summed E-state index contributed by atoms with van der Waals surface area (Å²) in [5.74, 6) is 0. The van der Waals surface area contributed by atoms with Gasteiger partial charge in [0.15, 0.2) is 0 Å². The van der Waals surface area contributed by atoms with E-state index in [4.69, 9.17) is 5.73 Å². The number of nitrogens with two attached hydrogens (primary N) is 1. The van der Waals surface area contributed by atoms with E-state index in [9.17, 15) is 0 Å². The van der Waals surface area contributed by atoms with Gasteiger partial charge in [-0.05, 0) is 50.2 Å². The second kappa shape index (κ2) is 3.83. The lowest BCUT2D eigenvalue weighted by atomic mass is 10.3. The molecule has 1 nitrogen and oxygen atoms in total. The van der Waals surface area contributed by atoms with Gasteiger partial charge in [0.25, 0.3) is 0 Å². The van der Waals surface area contributed by atoms with E-state index in [-0.39, 0.29) is 0 Å². The van der Waals surface area contributed by atoms with E-state index < -0.39 is 0 Å². The van der Waals surface area contributed by atoms with E-state index >= 15 is 0 Å². The van der Waals surface area contributed by atoms with Gasteiger partial charge in [0, 0.05) is 19.5 Å². The molecule has 0 aliphatic carbocycles. The van der Waals surface area contributed by atoms with Crippen molar-refractivity contribution in [3.63, 3.8) is 0 Å². The van der Waals surface area contributed by atoms with Crippen LogP contribution in [0.2, 0.25) is 0 Å². The molecule has 2 N–H and O–H groups in total. The highest BCUT2D eigenvalue weighted by atomic mass is 79.9. The van der Waals surface area contributed by atoms with Crippen LogP contribution in [0, 0.1) is 0 Å². The first-order valence-corrected chi connectivity index (χ1v) is 5.74. The van der Waals surface area contributed by atoms with Crippen LogP contribution in [0.1, 0.15) is 0 Å². The van der Waals surface area contributed by atoms with Crippen molar-refractivity contribution in [1.29, 1.82) is 0 Å². The molecule has 0 amide bonds. The van der Waals surface area contributed by atoms with Gasteiger partial charge in [-0.15, -0.1) is 11.8 Å². The highest BCUT2D eigenvalue weighted by Gasteiger charge is 2.02. The molecule has 0 saturated heterocycles. The molecule has 0 aliphatic rings. The van der Waals surface area contributed by atoms with Crippen LogP contribution >= 0.6 is 43.6 Å². The lowest BCUT2D eigenvalue weighted by Crippen LogP contribution is -1.87. The van der Waals surface area contributed by atoms with Gasteiger partial charge in [-0.2, -0.15) is 0 Å². The highest BCUT2D eigenvalue weighted by molar-refractivity contribution is 9.11. The number of benzene rings is 1. The fourth-order valence-corrected chi connectivity index (χ4v) is 2.68. The Labute approximate surface area is 87.0 Å². The fraction of sp³-hybridized carbons (Fsp3) is 0.143. The van der Waals surface area contributed by atoms with Crippen molar-refractivity contribution in [2.24, 2.45) is 0 Å². The molecule has 0 atom stereocenters. The minimum atomic E-state index is 0.776. The van der Waals surface area contributed by atoms with Gasteiger partial charge in [-0.3, -0.25) is 0 Å². The largest absolute Gasteiger partial charge is 0.398 e. The lowest BCUT2D eigenvalue weighted by molar-refractivity contribution is 1.39. The van der Waals surface area contributed by atoms with Crippen molar-refractivity contribution >= 4 is 49.3 Å². The number of rotatable bonds is 1. The predicted octanol–water partition coefficient (Wildman–Crippen LogP) is 3.52. The first-order chi connectivity index (χ1) is 5.15. The molecule has 0 fully saturated rings. The average molecular weight is 297 g/mol. The van der Waals surface area contributed by atoms with Crippen LogP contribution in [-0.4, -0.2) is 6.26 Å². The Morgan fingerprint density at radius 3 is 2.45 bits per heavy atom. The van der Waals surface area contributed by atoms with Gasteiger partial charge in [-0.25, -0.2) is 0 Å². The summed E-state index contributed by atoms with van der Waals surface area (Å²) < 4.78 is 2.01.